The maximum absolute atomic E-state index is 13.1. The maximum Gasteiger partial charge on any atom is 0.417 e. The fourth-order valence-corrected chi connectivity index (χ4v) is 2.82. The molecule has 0 saturated carbocycles. The molecule has 13 heteroatoms. The first-order valence-corrected chi connectivity index (χ1v) is 8.66. The molecule has 3 rings (SSSR count). The summed E-state index contributed by atoms with van der Waals surface area (Å²) in [7, 11) is 0. The first-order chi connectivity index (χ1) is 15.1. The van der Waals surface area contributed by atoms with E-state index in [0.29, 0.717) is 0 Å². The lowest BCUT2D eigenvalue weighted by Crippen LogP contribution is -2.17. The van der Waals surface area contributed by atoms with Crippen LogP contribution in [-0.2, 0) is 18.5 Å². The van der Waals surface area contributed by atoms with Crippen LogP contribution in [0.1, 0.15) is 27.0 Å². The number of ether oxygens (including phenoxy) is 1. The molecular formula is C20H9F9O4. The highest BCUT2D eigenvalue weighted by Gasteiger charge is 2.37. The average molecular weight is 484 g/mol. The average Bonchev–Trinajstić information content (AvgIpc) is 2.68. The van der Waals surface area contributed by atoms with Gasteiger partial charge in [0.05, 0.1) is 16.7 Å². The topological polar surface area (TPSA) is 56.5 Å². The Hall–Kier alpha value is -3.51. The molecular weight excluding hydrogens is 475 g/mol. The molecule has 0 aliphatic rings. The van der Waals surface area contributed by atoms with Crippen molar-refractivity contribution >= 4 is 16.8 Å². The minimum Gasteiger partial charge on any atom is -0.485 e. The third-order valence-electron chi connectivity index (χ3n) is 4.30. The van der Waals surface area contributed by atoms with Gasteiger partial charge in [-0.3, -0.25) is 4.79 Å². The van der Waals surface area contributed by atoms with E-state index in [2.05, 4.69) is 4.42 Å². The molecule has 0 aliphatic carbocycles. The van der Waals surface area contributed by atoms with E-state index in [1.165, 1.54) is 0 Å². The van der Waals surface area contributed by atoms with Crippen LogP contribution in [0.5, 0.6) is 5.75 Å². The quantitative estimate of drug-likeness (QED) is 0.255. The third-order valence-corrected chi connectivity index (χ3v) is 4.30. The molecule has 2 aromatic carbocycles. The van der Waals surface area contributed by atoms with Gasteiger partial charge in [-0.2, -0.15) is 39.5 Å². The van der Waals surface area contributed by atoms with Crippen molar-refractivity contribution in [1.29, 1.82) is 0 Å². The van der Waals surface area contributed by atoms with Crippen LogP contribution in [0.15, 0.2) is 51.7 Å². The molecule has 176 valence electrons. The number of hydrogen-bond acceptors (Lipinski definition) is 4. The molecule has 0 bridgehead atoms. The van der Waals surface area contributed by atoms with Gasteiger partial charge < -0.3 is 9.15 Å². The summed E-state index contributed by atoms with van der Waals surface area (Å²) in [4.78, 5) is 23.6. The van der Waals surface area contributed by atoms with E-state index in [0.717, 1.165) is 18.2 Å². The molecule has 4 nitrogen and oxygen atoms in total. The second kappa shape index (κ2) is 8.12. The number of Topliss-reactive ketones (excluding diaryl/α,β-unsaturated/α-hetero) is 1. The molecule has 0 aliphatic heterocycles. The Morgan fingerprint density at radius 3 is 1.88 bits per heavy atom. The smallest absolute Gasteiger partial charge is 0.417 e. The lowest BCUT2D eigenvalue weighted by molar-refractivity contribution is -0.143. The molecule has 0 spiro atoms. The number of carbonyl (C=O) groups is 1. The van der Waals surface area contributed by atoms with Crippen molar-refractivity contribution in [1.82, 2.24) is 0 Å². The Bertz CT molecular complexity index is 1240. The summed E-state index contributed by atoms with van der Waals surface area (Å²) in [6.45, 7) is -1.05. The zero-order valence-corrected chi connectivity index (χ0v) is 15.8. The minimum atomic E-state index is -5.16. The van der Waals surface area contributed by atoms with Gasteiger partial charge in [-0.15, -0.1) is 0 Å². The van der Waals surface area contributed by atoms with Gasteiger partial charge in [0.2, 0.25) is 0 Å². The predicted octanol–water partition coefficient (Wildman–Crippen LogP) is 6.11. The lowest BCUT2D eigenvalue weighted by atomic mass is 10.0. The molecule has 1 heterocycles. The van der Waals surface area contributed by atoms with Crippen molar-refractivity contribution in [3.8, 4) is 5.75 Å². The van der Waals surface area contributed by atoms with Crippen molar-refractivity contribution in [2.45, 2.75) is 18.5 Å². The summed E-state index contributed by atoms with van der Waals surface area (Å²) in [6.07, 6.45) is -15.2. The van der Waals surface area contributed by atoms with Gasteiger partial charge >= 0.3 is 24.2 Å². The molecule has 0 N–H and O–H groups in total. The Kier molecular flexibility index (Phi) is 5.94. The summed E-state index contributed by atoms with van der Waals surface area (Å²) in [6, 6.07) is 3.17. The number of carbonyl (C=O) groups excluding carboxylic acids is 1. The predicted molar refractivity (Wildman–Crippen MR) is 93.8 cm³/mol. The number of alkyl halides is 9. The summed E-state index contributed by atoms with van der Waals surface area (Å²) < 4.78 is 126. The van der Waals surface area contributed by atoms with Crippen LogP contribution in [0.3, 0.4) is 0 Å². The number of benzene rings is 2. The second-order valence-electron chi connectivity index (χ2n) is 6.64. The molecule has 33 heavy (non-hydrogen) atoms. The van der Waals surface area contributed by atoms with Crippen LogP contribution >= 0.6 is 0 Å². The van der Waals surface area contributed by atoms with Crippen LogP contribution < -0.4 is 10.4 Å². The highest BCUT2D eigenvalue weighted by molar-refractivity contribution is 5.97. The molecule has 0 unspecified atom stereocenters. The molecule has 0 amide bonds. The Morgan fingerprint density at radius 1 is 0.788 bits per heavy atom. The molecule has 0 radical (unpaired) electrons. The summed E-state index contributed by atoms with van der Waals surface area (Å²) >= 11 is 0. The molecule has 0 saturated heterocycles. The van der Waals surface area contributed by atoms with Crippen LogP contribution in [0.2, 0.25) is 0 Å². The molecule has 0 atom stereocenters. The highest BCUT2D eigenvalue weighted by Crippen LogP contribution is 2.37. The van der Waals surface area contributed by atoms with Crippen molar-refractivity contribution < 1.29 is 53.5 Å². The van der Waals surface area contributed by atoms with Crippen LogP contribution in [-0.4, -0.2) is 12.4 Å². The van der Waals surface area contributed by atoms with Gasteiger partial charge in [-0.25, -0.2) is 4.79 Å². The van der Waals surface area contributed by atoms with Crippen molar-refractivity contribution in [3.63, 3.8) is 0 Å². The van der Waals surface area contributed by atoms with E-state index in [9.17, 15) is 49.1 Å². The first-order valence-electron chi connectivity index (χ1n) is 8.66. The van der Waals surface area contributed by atoms with Gasteiger partial charge in [0.25, 0.3) is 0 Å². The van der Waals surface area contributed by atoms with Gasteiger partial charge in [0.1, 0.15) is 11.3 Å². The van der Waals surface area contributed by atoms with Crippen LogP contribution in [0.25, 0.3) is 11.0 Å². The highest BCUT2D eigenvalue weighted by atomic mass is 19.4. The Labute approximate surface area is 177 Å². The third kappa shape index (κ3) is 5.46. The van der Waals surface area contributed by atoms with E-state index >= 15 is 0 Å². The van der Waals surface area contributed by atoms with Crippen molar-refractivity contribution in [2.24, 2.45) is 0 Å². The van der Waals surface area contributed by atoms with E-state index in [1.54, 1.807) is 0 Å². The van der Waals surface area contributed by atoms with E-state index in [4.69, 9.17) is 4.74 Å². The molecule has 3 aromatic rings. The van der Waals surface area contributed by atoms with E-state index < -0.39 is 69.8 Å². The van der Waals surface area contributed by atoms with Gasteiger partial charge in [0.15, 0.2) is 12.4 Å². The van der Waals surface area contributed by atoms with Crippen LogP contribution in [0, 0.1) is 0 Å². The summed E-state index contributed by atoms with van der Waals surface area (Å²) in [5.41, 5.74) is -7.52. The summed E-state index contributed by atoms with van der Waals surface area (Å²) in [5.74, 6) is -1.58. The SMILES string of the molecule is O=C(COc1ccc2c(C(F)(F)F)cc(=O)oc2c1)c1cc(C(F)(F)F)cc(C(F)(F)F)c1. The maximum atomic E-state index is 13.1. The van der Waals surface area contributed by atoms with E-state index in [1.807, 2.05) is 0 Å². The standard InChI is InChI=1S/C20H9F9O4/c21-18(22,23)10-3-9(4-11(5-10)19(24,25)26)15(30)8-32-12-1-2-13-14(20(27,28)29)7-17(31)33-16(13)6-12/h1-7H,8H2. The van der Waals surface area contributed by atoms with Gasteiger partial charge in [-0.05, 0) is 30.3 Å². The number of hydrogen-bond donors (Lipinski definition) is 0. The lowest BCUT2D eigenvalue weighted by Gasteiger charge is -2.14. The van der Waals surface area contributed by atoms with Gasteiger partial charge in [0, 0.05) is 23.1 Å². The number of ketones is 1. The number of rotatable bonds is 4. The molecule has 1 aromatic heterocycles. The Balaban J connectivity index is 1.90. The second-order valence-corrected chi connectivity index (χ2v) is 6.64. The summed E-state index contributed by atoms with van der Waals surface area (Å²) in [5, 5.41) is -0.506. The van der Waals surface area contributed by atoms with Gasteiger partial charge in [-0.1, -0.05) is 0 Å². The fraction of sp³-hybridized carbons (Fsp3) is 0.200. The molecule has 0 fully saturated rings. The fourth-order valence-electron chi connectivity index (χ4n) is 2.82. The normalized spacial score (nSPS) is 12.8. The zero-order chi connectivity index (χ0) is 24.8. The first kappa shape index (κ1) is 24.1. The van der Waals surface area contributed by atoms with Crippen molar-refractivity contribution in [2.75, 3.05) is 6.61 Å². The largest absolute Gasteiger partial charge is 0.485 e. The minimum absolute atomic E-state index is 0.152. The zero-order valence-electron chi connectivity index (χ0n) is 15.8. The van der Waals surface area contributed by atoms with Crippen LogP contribution in [0.4, 0.5) is 39.5 Å². The monoisotopic (exact) mass is 484 g/mol. The van der Waals surface area contributed by atoms with Crippen molar-refractivity contribution in [3.05, 3.63) is 75.1 Å². The number of fused-ring (bicyclic) bond motifs is 1. The number of halogens is 9. The van der Waals surface area contributed by atoms with E-state index in [-0.39, 0.29) is 30.0 Å². The Morgan fingerprint density at radius 2 is 1.36 bits per heavy atom.